The highest BCUT2D eigenvalue weighted by Gasteiger charge is 2.27. The maximum absolute atomic E-state index is 6.55. The maximum Gasteiger partial charge on any atom is 0.374 e. The van der Waals surface area contributed by atoms with Gasteiger partial charge in [0.15, 0.2) is 12.3 Å². The summed E-state index contributed by atoms with van der Waals surface area (Å²) in [7, 11) is 6.74. The first-order valence-electron chi connectivity index (χ1n) is 15.7. The lowest BCUT2D eigenvalue weighted by Crippen LogP contribution is -2.41. The number of aryl methyl sites for hydroxylation is 1. The van der Waals surface area contributed by atoms with Gasteiger partial charge in [0, 0.05) is 18.7 Å². The average Bonchev–Trinajstić information content (AvgIpc) is 3.56. The lowest BCUT2D eigenvalue weighted by molar-refractivity contribution is -0.873. The zero-order chi connectivity index (χ0) is 30.7. The molecule has 5 nitrogen and oxygen atoms in total. The smallest absolute Gasteiger partial charge is 0.374 e. The molecule has 5 heteroatoms. The van der Waals surface area contributed by atoms with E-state index in [0.717, 1.165) is 76.8 Å². The van der Waals surface area contributed by atoms with Crippen molar-refractivity contribution in [1.29, 1.82) is 0 Å². The van der Waals surface area contributed by atoms with Crippen molar-refractivity contribution in [3.63, 3.8) is 0 Å². The highest BCUT2D eigenvalue weighted by Crippen LogP contribution is 2.42. The fourth-order valence-electron chi connectivity index (χ4n) is 5.86. The molecule has 1 aromatic heterocycles. The molecule has 0 radical (unpaired) electrons. The molecule has 0 unspecified atom stereocenters. The molecule has 0 saturated heterocycles. The van der Waals surface area contributed by atoms with Gasteiger partial charge >= 0.3 is 5.89 Å². The minimum atomic E-state index is 0.812. The maximum atomic E-state index is 6.55. The number of hydrogen-bond acceptors (Lipinski definition) is 3. The third-order valence-electron chi connectivity index (χ3n) is 8.23. The second-order valence-corrected chi connectivity index (χ2v) is 12.5. The molecule has 0 amide bonds. The third kappa shape index (κ3) is 6.34. The topological polar surface area (TPSA) is 29.5 Å². The van der Waals surface area contributed by atoms with Gasteiger partial charge in [-0.3, -0.25) is 0 Å². The van der Waals surface area contributed by atoms with Crippen LogP contribution in [0.3, 0.4) is 0 Å². The molecular weight excluding hydrogens is 542 g/mol. The van der Waals surface area contributed by atoms with Gasteiger partial charge in [-0.25, -0.2) is 0 Å². The fraction of sp³-hybridized carbons (Fsp3) is 0.256. The summed E-state index contributed by atoms with van der Waals surface area (Å²) in [6, 6.07) is 34.0. The van der Waals surface area contributed by atoms with E-state index in [-0.39, 0.29) is 0 Å². The van der Waals surface area contributed by atoms with Gasteiger partial charge in [0.05, 0.1) is 45.9 Å². The quantitative estimate of drug-likeness (QED) is 0.121. The lowest BCUT2D eigenvalue weighted by Gasteiger charge is -2.22. The monoisotopic (exact) mass is 585 g/mol. The standard InChI is InChI=1S/C39H43N3O2/c1-6-29(25-38-40(7-2)34-27-32(19-21-36(34)43-38)30-15-10-8-11-16-30)26-39-41(23-14-24-42(3,4)5)35-28-33(20-22-37(35)44-39)31-17-12-9-13-18-31/h8-13,15-22,25-28H,6-7,14,23-24H2,1-5H3/q+2. The van der Waals surface area contributed by atoms with E-state index >= 15 is 0 Å². The highest BCUT2D eigenvalue weighted by molar-refractivity contribution is 5.79. The Balaban J connectivity index is 1.36. The second kappa shape index (κ2) is 12.6. The first-order valence-corrected chi connectivity index (χ1v) is 15.7. The molecule has 0 saturated carbocycles. The van der Waals surface area contributed by atoms with Gasteiger partial charge in [0.2, 0.25) is 11.5 Å². The van der Waals surface area contributed by atoms with E-state index in [1.165, 1.54) is 22.3 Å². The molecule has 0 atom stereocenters. The van der Waals surface area contributed by atoms with Crippen LogP contribution in [0, 0.1) is 0 Å². The molecule has 1 aliphatic heterocycles. The predicted molar refractivity (Wildman–Crippen MR) is 181 cm³/mol. The minimum absolute atomic E-state index is 0.812. The van der Waals surface area contributed by atoms with Gasteiger partial charge < -0.3 is 18.5 Å². The fourth-order valence-corrected chi connectivity index (χ4v) is 5.86. The van der Waals surface area contributed by atoms with Crippen LogP contribution in [0.1, 0.15) is 32.6 Å². The van der Waals surface area contributed by atoms with E-state index in [4.69, 9.17) is 9.15 Å². The third-order valence-corrected chi connectivity index (χ3v) is 8.23. The molecule has 4 aromatic carbocycles. The number of allylic oxidation sites excluding steroid dienone is 2. The summed E-state index contributed by atoms with van der Waals surface area (Å²) in [5, 5.41) is 0. The summed E-state index contributed by atoms with van der Waals surface area (Å²) in [6.45, 7) is 7.13. The lowest BCUT2D eigenvalue weighted by atomic mass is 10.0. The molecule has 0 bridgehead atoms. The van der Waals surface area contributed by atoms with Crippen molar-refractivity contribution >= 4 is 22.9 Å². The van der Waals surface area contributed by atoms with Gasteiger partial charge in [-0.15, -0.1) is 0 Å². The number of oxazole rings is 1. The highest BCUT2D eigenvalue weighted by atomic mass is 16.5. The predicted octanol–water partition coefficient (Wildman–Crippen LogP) is 8.70. The average molecular weight is 586 g/mol. The van der Waals surface area contributed by atoms with Crippen molar-refractivity contribution in [3.05, 3.63) is 120 Å². The zero-order valence-electron chi connectivity index (χ0n) is 26.6. The van der Waals surface area contributed by atoms with Crippen LogP contribution in [0.4, 0.5) is 5.69 Å². The van der Waals surface area contributed by atoms with Gasteiger partial charge in [-0.1, -0.05) is 79.7 Å². The summed E-state index contributed by atoms with van der Waals surface area (Å²) in [4.78, 5) is 2.26. The molecule has 0 aliphatic carbocycles. The number of benzene rings is 4. The number of nitrogens with zero attached hydrogens (tertiary/aromatic N) is 3. The second-order valence-electron chi connectivity index (χ2n) is 12.5. The van der Waals surface area contributed by atoms with E-state index in [1.807, 2.05) is 0 Å². The molecular formula is C39H43N3O2+2. The van der Waals surface area contributed by atoms with Crippen LogP contribution in [-0.2, 0) is 6.54 Å². The van der Waals surface area contributed by atoms with Crippen molar-refractivity contribution in [3.8, 4) is 28.0 Å². The van der Waals surface area contributed by atoms with E-state index in [0.29, 0.717) is 0 Å². The van der Waals surface area contributed by atoms with E-state index < -0.39 is 0 Å². The molecule has 0 fully saturated rings. The number of anilines is 1. The van der Waals surface area contributed by atoms with Crippen LogP contribution < -0.4 is 14.2 Å². The normalized spacial score (nSPS) is 14.3. The zero-order valence-corrected chi connectivity index (χ0v) is 26.6. The van der Waals surface area contributed by atoms with Gasteiger partial charge in [-0.05, 0) is 59.4 Å². The van der Waals surface area contributed by atoms with Crippen LogP contribution in [0.5, 0.6) is 5.75 Å². The Morgan fingerprint density at radius 3 is 2.09 bits per heavy atom. The van der Waals surface area contributed by atoms with Crippen LogP contribution in [0.15, 0.2) is 119 Å². The molecule has 2 heterocycles. The SMILES string of the molecule is CCC(/C=C1\Oc2ccc(-c3ccccc3)cc2N1CC)=C\c1oc2ccc(-c3ccccc3)cc2[n+]1CCC[N+](C)(C)C. The molecule has 6 rings (SSSR count). The number of hydrogen-bond donors (Lipinski definition) is 0. The van der Waals surface area contributed by atoms with Crippen LogP contribution in [0.25, 0.3) is 39.4 Å². The number of ether oxygens (including phenoxy) is 1. The Labute approximate surface area is 261 Å². The Morgan fingerprint density at radius 1 is 0.795 bits per heavy atom. The first-order chi connectivity index (χ1) is 21.3. The Bertz CT molecular complexity index is 1810. The summed E-state index contributed by atoms with van der Waals surface area (Å²) >= 11 is 0. The van der Waals surface area contributed by atoms with Crippen LogP contribution in [-0.4, -0.2) is 38.7 Å². The van der Waals surface area contributed by atoms with Crippen molar-refractivity contribution in [2.24, 2.45) is 0 Å². The van der Waals surface area contributed by atoms with Crippen molar-refractivity contribution < 1.29 is 18.2 Å². The Hall–Kier alpha value is -4.61. The molecule has 44 heavy (non-hydrogen) atoms. The molecule has 0 spiro atoms. The van der Waals surface area contributed by atoms with Gasteiger partial charge in [0.1, 0.15) is 0 Å². The first kappa shape index (κ1) is 29.5. The van der Waals surface area contributed by atoms with E-state index in [2.05, 4.69) is 154 Å². The molecule has 224 valence electrons. The summed E-state index contributed by atoms with van der Waals surface area (Å²) in [5.74, 6) is 2.60. The van der Waals surface area contributed by atoms with Gasteiger partial charge in [-0.2, -0.15) is 4.57 Å². The number of quaternary nitrogens is 1. The molecule has 5 aromatic rings. The van der Waals surface area contributed by atoms with Crippen LogP contribution >= 0.6 is 0 Å². The van der Waals surface area contributed by atoms with Crippen molar-refractivity contribution in [1.82, 2.24) is 0 Å². The Morgan fingerprint density at radius 2 is 1.45 bits per heavy atom. The minimum Gasteiger partial charge on any atom is -0.439 e. The van der Waals surface area contributed by atoms with Crippen LogP contribution in [0.2, 0.25) is 0 Å². The summed E-state index contributed by atoms with van der Waals surface area (Å²) in [6.07, 6.45) is 6.26. The summed E-state index contributed by atoms with van der Waals surface area (Å²) < 4.78 is 16.3. The largest absolute Gasteiger partial charge is 0.439 e. The summed E-state index contributed by atoms with van der Waals surface area (Å²) in [5.41, 5.74) is 9.06. The number of aromatic nitrogens is 1. The van der Waals surface area contributed by atoms with Gasteiger partial charge in [0.25, 0.3) is 5.52 Å². The molecule has 0 N–H and O–H groups in total. The number of fused-ring (bicyclic) bond motifs is 2. The van der Waals surface area contributed by atoms with Crippen molar-refractivity contribution in [2.75, 3.05) is 39.1 Å². The van der Waals surface area contributed by atoms with E-state index in [1.54, 1.807) is 0 Å². The van der Waals surface area contributed by atoms with E-state index in [9.17, 15) is 0 Å². The number of rotatable bonds is 10. The van der Waals surface area contributed by atoms with Crippen molar-refractivity contribution in [2.45, 2.75) is 33.2 Å². The molecule has 1 aliphatic rings. The Kier molecular flexibility index (Phi) is 8.40.